The summed E-state index contributed by atoms with van der Waals surface area (Å²) in [5.74, 6) is -0.393. The van der Waals surface area contributed by atoms with E-state index < -0.39 is 5.82 Å². The number of halogens is 2. The van der Waals surface area contributed by atoms with Crippen LogP contribution in [0, 0.1) is 5.82 Å². The van der Waals surface area contributed by atoms with Crippen LogP contribution in [-0.4, -0.2) is 25.3 Å². The van der Waals surface area contributed by atoms with E-state index in [1.54, 1.807) is 0 Å². The minimum absolute atomic E-state index is 0.0923. The molecule has 7 heteroatoms. The van der Waals surface area contributed by atoms with Gasteiger partial charge in [-0.25, -0.2) is 4.39 Å². The molecule has 0 saturated heterocycles. The van der Waals surface area contributed by atoms with E-state index >= 15 is 0 Å². The molecule has 5 nitrogen and oxygen atoms in total. The Morgan fingerprint density at radius 1 is 1.47 bits per heavy atom. The highest BCUT2D eigenvalue weighted by molar-refractivity contribution is 6.30. The topological polar surface area (TPSA) is 63.8 Å². The first-order chi connectivity index (χ1) is 7.20. The maximum atomic E-state index is 13.3. The molecule has 1 heterocycles. The molecule has 0 saturated carbocycles. The predicted molar refractivity (Wildman–Crippen MR) is 50.0 cm³/mol. The lowest BCUT2D eigenvalue weighted by atomic mass is 10.3. The van der Waals surface area contributed by atoms with Gasteiger partial charge in [0.05, 0.1) is 0 Å². The standard InChI is InChI=1S/C8H6ClFN4O/c9-5-1-2-6(10)7(3-5)14-12-8(4-15)11-13-14/h1-3,15H,4H2. The molecule has 1 N–H and O–H groups in total. The molecule has 0 amide bonds. The maximum absolute atomic E-state index is 13.3. The van der Waals surface area contributed by atoms with E-state index in [0.717, 1.165) is 4.80 Å². The number of aliphatic hydroxyl groups is 1. The molecule has 1 aromatic heterocycles. The number of aromatic nitrogens is 4. The Morgan fingerprint density at radius 2 is 2.27 bits per heavy atom. The number of rotatable bonds is 2. The monoisotopic (exact) mass is 228 g/mol. The Kier molecular flexibility index (Phi) is 2.61. The van der Waals surface area contributed by atoms with Crippen molar-refractivity contribution in [3.05, 3.63) is 34.9 Å². The molecule has 2 rings (SSSR count). The first-order valence-corrected chi connectivity index (χ1v) is 4.43. The van der Waals surface area contributed by atoms with Crippen LogP contribution in [0.1, 0.15) is 5.82 Å². The zero-order valence-corrected chi connectivity index (χ0v) is 8.19. The third-order valence-electron chi connectivity index (χ3n) is 1.72. The fourth-order valence-corrected chi connectivity index (χ4v) is 1.21. The zero-order valence-electron chi connectivity index (χ0n) is 7.43. The summed E-state index contributed by atoms with van der Waals surface area (Å²) in [5, 5.41) is 19.9. The first-order valence-electron chi connectivity index (χ1n) is 4.06. The molecule has 78 valence electrons. The Balaban J connectivity index is 2.48. The van der Waals surface area contributed by atoms with Gasteiger partial charge in [-0.15, -0.1) is 15.0 Å². The van der Waals surface area contributed by atoms with Crippen LogP contribution < -0.4 is 0 Å². The van der Waals surface area contributed by atoms with Crippen molar-refractivity contribution in [3.8, 4) is 5.69 Å². The van der Waals surface area contributed by atoms with Gasteiger partial charge in [0.15, 0.2) is 5.82 Å². The lowest BCUT2D eigenvalue weighted by Crippen LogP contribution is -2.02. The zero-order chi connectivity index (χ0) is 10.8. The van der Waals surface area contributed by atoms with E-state index in [1.165, 1.54) is 18.2 Å². The Bertz CT molecular complexity index is 487. The first kappa shape index (κ1) is 10.0. The number of aliphatic hydroxyl groups excluding tert-OH is 1. The number of nitrogens with zero attached hydrogens (tertiary/aromatic N) is 4. The van der Waals surface area contributed by atoms with E-state index in [1.807, 2.05) is 0 Å². The van der Waals surface area contributed by atoms with E-state index in [-0.39, 0.29) is 18.1 Å². The van der Waals surface area contributed by atoms with Crippen LogP contribution >= 0.6 is 11.6 Å². The summed E-state index contributed by atoms with van der Waals surface area (Å²) in [5.41, 5.74) is 0.0923. The fourth-order valence-electron chi connectivity index (χ4n) is 1.05. The van der Waals surface area contributed by atoms with Crippen molar-refractivity contribution in [2.45, 2.75) is 6.61 Å². The van der Waals surface area contributed by atoms with Gasteiger partial charge in [-0.05, 0) is 23.4 Å². The molecule has 0 unspecified atom stereocenters. The lowest BCUT2D eigenvalue weighted by Gasteiger charge is -2.00. The van der Waals surface area contributed by atoms with E-state index in [9.17, 15) is 4.39 Å². The molecule has 0 radical (unpaired) electrons. The Morgan fingerprint density at radius 3 is 2.93 bits per heavy atom. The molecule has 0 bridgehead atoms. The van der Waals surface area contributed by atoms with Crippen molar-refractivity contribution in [1.29, 1.82) is 0 Å². The average Bonchev–Trinajstić information content (AvgIpc) is 2.70. The minimum Gasteiger partial charge on any atom is -0.388 e. The summed E-state index contributed by atoms with van der Waals surface area (Å²) < 4.78 is 13.3. The van der Waals surface area contributed by atoms with E-state index in [2.05, 4.69) is 15.4 Å². The largest absolute Gasteiger partial charge is 0.388 e. The normalized spacial score (nSPS) is 10.6. The van der Waals surface area contributed by atoms with Crippen LogP contribution in [0.2, 0.25) is 5.02 Å². The van der Waals surface area contributed by atoms with Crippen LogP contribution in [0.3, 0.4) is 0 Å². The summed E-state index contributed by atoms with van der Waals surface area (Å²) in [6.45, 7) is -0.345. The molecule has 0 aliphatic carbocycles. The molecule has 1 aromatic carbocycles. The van der Waals surface area contributed by atoms with Crippen molar-refractivity contribution in [1.82, 2.24) is 20.2 Å². The maximum Gasteiger partial charge on any atom is 0.200 e. The van der Waals surface area contributed by atoms with E-state index in [0.29, 0.717) is 5.02 Å². The summed E-state index contributed by atoms with van der Waals surface area (Å²) in [4.78, 5) is 0.979. The van der Waals surface area contributed by atoms with Gasteiger partial charge in [-0.1, -0.05) is 11.6 Å². The molecule has 0 aliphatic rings. The molecule has 15 heavy (non-hydrogen) atoms. The molecule has 0 atom stereocenters. The van der Waals surface area contributed by atoms with Crippen LogP contribution in [-0.2, 0) is 6.61 Å². The highest BCUT2D eigenvalue weighted by Crippen LogP contribution is 2.17. The smallest absolute Gasteiger partial charge is 0.200 e. The summed E-state index contributed by atoms with van der Waals surface area (Å²) in [6, 6.07) is 4.00. The van der Waals surface area contributed by atoms with Crippen molar-refractivity contribution < 1.29 is 9.50 Å². The Labute approximate surface area is 89.1 Å². The quantitative estimate of drug-likeness (QED) is 0.831. The van der Waals surface area contributed by atoms with Crippen LogP contribution in [0.25, 0.3) is 5.69 Å². The molecule has 0 spiro atoms. The number of hydrogen-bond donors (Lipinski definition) is 1. The van der Waals surface area contributed by atoms with Crippen LogP contribution in [0.5, 0.6) is 0 Å². The minimum atomic E-state index is -0.513. The third kappa shape index (κ3) is 1.95. The summed E-state index contributed by atoms with van der Waals surface area (Å²) in [7, 11) is 0. The molecule has 0 aliphatic heterocycles. The number of benzene rings is 1. The van der Waals surface area contributed by atoms with Gasteiger partial charge < -0.3 is 5.11 Å². The molecule has 2 aromatic rings. The highest BCUT2D eigenvalue weighted by Gasteiger charge is 2.09. The van der Waals surface area contributed by atoms with Gasteiger partial charge in [0, 0.05) is 5.02 Å². The molecular formula is C8H6ClFN4O. The number of hydrogen-bond acceptors (Lipinski definition) is 4. The summed E-state index contributed by atoms with van der Waals surface area (Å²) in [6.07, 6.45) is 0. The van der Waals surface area contributed by atoms with Crippen LogP contribution in [0.4, 0.5) is 4.39 Å². The van der Waals surface area contributed by atoms with Crippen molar-refractivity contribution in [2.75, 3.05) is 0 Å². The Hall–Kier alpha value is -1.53. The van der Waals surface area contributed by atoms with Gasteiger partial charge in [-0.2, -0.15) is 0 Å². The fraction of sp³-hybridized carbons (Fsp3) is 0.125. The average molecular weight is 229 g/mol. The second-order valence-corrected chi connectivity index (χ2v) is 3.19. The van der Waals surface area contributed by atoms with Crippen LogP contribution in [0.15, 0.2) is 18.2 Å². The SMILES string of the molecule is OCc1nnn(-c2cc(Cl)ccc2F)n1. The van der Waals surface area contributed by atoms with E-state index in [4.69, 9.17) is 16.7 Å². The van der Waals surface area contributed by atoms with Gasteiger partial charge in [0.1, 0.15) is 12.3 Å². The highest BCUT2D eigenvalue weighted by atomic mass is 35.5. The third-order valence-corrected chi connectivity index (χ3v) is 1.96. The van der Waals surface area contributed by atoms with Crippen molar-refractivity contribution >= 4 is 11.6 Å². The van der Waals surface area contributed by atoms with Gasteiger partial charge in [-0.3, -0.25) is 0 Å². The molecule has 0 fully saturated rings. The van der Waals surface area contributed by atoms with Crippen molar-refractivity contribution in [3.63, 3.8) is 0 Å². The van der Waals surface area contributed by atoms with Gasteiger partial charge in [0.25, 0.3) is 0 Å². The summed E-state index contributed by atoms with van der Waals surface area (Å²) >= 11 is 5.70. The van der Waals surface area contributed by atoms with Crippen molar-refractivity contribution in [2.24, 2.45) is 0 Å². The number of tetrazole rings is 1. The second kappa shape index (κ2) is 3.92. The predicted octanol–water partition coefficient (Wildman–Crippen LogP) is 0.947. The van der Waals surface area contributed by atoms with Gasteiger partial charge >= 0.3 is 0 Å². The molecular weight excluding hydrogens is 223 g/mol. The van der Waals surface area contributed by atoms with Gasteiger partial charge in [0.2, 0.25) is 5.82 Å². The second-order valence-electron chi connectivity index (χ2n) is 2.75. The lowest BCUT2D eigenvalue weighted by molar-refractivity contribution is 0.271.